The van der Waals surface area contributed by atoms with Gasteiger partial charge in [-0.05, 0) is 43.8 Å². The van der Waals surface area contributed by atoms with E-state index < -0.39 is 0 Å². The van der Waals surface area contributed by atoms with E-state index in [4.69, 9.17) is 0 Å². The number of carbonyl (C=O) groups is 1. The maximum atomic E-state index is 13.6. The molecule has 1 aromatic carbocycles. The maximum Gasteiger partial charge on any atom is 0.270 e. The van der Waals surface area contributed by atoms with E-state index in [0.29, 0.717) is 12.2 Å². The molecule has 0 bridgehead atoms. The molecule has 1 aliphatic rings. The lowest BCUT2D eigenvalue weighted by Gasteiger charge is -2.32. The molecule has 6 heteroatoms. The van der Waals surface area contributed by atoms with Crippen LogP contribution in [0.2, 0.25) is 0 Å². The molecule has 1 amide bonds. The Morgan fingerprint density at radius 1 is 1.15 bits per heavy atom. The molecular weight excluding hydrogens is 349 g/mol. The Labute approximate surface area is 156 Å². The van der Waals surface area contributed by atoms with E-state index in [1.165, 1.54) is 17.0 Å². The predicted octanol–water partition coefficient (Wildman–Crippen LogP) is 3.59. The molecule has 0 saturated carbocycles. The largest absolute Gasteiger partial charge is 0.335 e. The van der Waals surface area contributed by atoms with Gasteiger partial charge in [-0.15, -0.1) is 11.3 Å². The van der Waals surface area contributed by atoms with Crippen LogP contribution in [0, 0.1) is 12.7 Å². The summed E-state index contributed by atoms with van der Waals surface area (Å²) in [5, 5.41) is 0. The second-order valence-corrected chi connectivity index (χ2v) is 8.24. The molecule has 4 rings (SSSR count). The van der Waals surface area contributed by atoms with Crippen LogP contribution in [0.4, 0.5) is 4.39 Å². The first kappa shape index (κ1) is 17.2. The summed E-state index contributed by atoms with van der Waals surface area (Å²) >= 11 is 1.69. The number of likely N-dealkylation sites (N-methyl/N-ethyl adjacent to an activating group) is 1. The number of piperazine rings is 1. The summed E-state index contributed by atoms with van der Waals surface area (Å²) in [6.07, 6.45) is 0. The number of fused-ring (bicyclic) bond motifs is 1. The molecule has 1 fully saturated rings. The van der Waals surface area contributed by atoms with Gasteiger partial charge in [-0.2, -0.15) is 0 Å². The third-order valence-corrected chi connectivity index (χ3v) is 5.94. The van der Waals surface area contributed by atoms with Crippen LogP contribution < -0.4 is 0 Å². The summed E-state index contributed by atoms with van der Waals surface area (Å²) in [6.45, 7) is 5.83. The van der Waals surface area contributed by atoms with E-state index in [0.717, 1.165) is 42.0 Å². The Balaban J connectivity index is 1.72. The smallest absolute Gasteiger partial charge is 0.270 e. The molecule has 0 N–H and O–H groups in total. The minimum atomic E-state index is -0.251. The molecule has 1 aliphatic heterocycles. The van der Waals surface area contributed by atoms with Crippen LogP contribution in [0.25, 0.3) is 10.2 Å². The summed E-state index contributed by atoms with van der Waals surface area (Å²) in [4.78, 5) is 18.5. The first-order valence-corrected chi connectivity index (χ1v) is 9.65. The fraction of sp³-hybridized carbons (Fsp3) is 0.350. The molecule has 0 unspecified atom stereocenters. The van der Waals surface area contributed by atoms with Gasteiger partial charge in [-0.25, -0.2) is 4.39 Å². The number of hydrogen-bond donors (Lipinski definition) is 0. The summed E-state index contributed by atoms with van der Waals surface area (Å²) in [5.74, 6) is -0.185. The van der Waals surface area contributed by atoms with Crippen molar-refractivity contribution in [3.05, 3.63) is 58.3 Å². The topological polar surface area (TPSA) is 28.5 Å². The molecule has 3 heterocycles. The fourth-order valence-electron chi connectivity index (χ4n) is 3.50. The minimum Gasteiger partial charge on any atom is -0.335 e. The molecule has 0 aliphatic carbocycles. The Morgan fingerprint density at radius 3 is 2.65 bits per heavy atom. The zero-order chi connectivity index (χ0) is 18.3. The highest BCUT2D eigenvalue weighted by molar-refractivity contribution is 7.19. The van der Waals surface area contributed by atoms with E-state index in [-0.39, 0.29) is 11.7 Å². The summed E-state index contributed by atoms with van der Waals surface area (Å²) < 4.78 is 16.8. The lowest BCUT2D eigenvalue weighted by molar-refractivity contribution is 0.0654. The average Bonchev–Trinajstić information content (AvgIpc) is 3.12. The summed E-state index contributed by atoms with van der Waals surface area (Å²) in [5.41, 5.74) is 2.60. The van der Waals surface area contributed by atoms with Gasteiger partial charge in [0.05, 0.1) is 10.2 Å². The third kappa shape index (κ3) is 3.27. The highest BCUT2D eigenvalue weighted by Crippen LogP contribution is 2.30. The number of aromatic nitrogens is 1. The third-order valence-electron chi connectivity index (χ3n) is 4.95. The monoisotopic (exact) mass is 371 g/mol. The van der Waals surface area contributed by atoms with Crippen LogP contribution in [-0.2, 0) is 6.54 Å². The SMILES string of the molecule is Cc1cc2c(cc(C(=O)N3CCN(C)CC3)n2Cc2cccc(F)c2)s1. The van der Waals surface area contributed by atoms with Crippen LogP contribution >= 0.6 is 11.3 Å². The van der Waals surface area contributed by atoms with E-state index in [2.05, 4.69) is 24.9 Å². The number of thiophene rings is 1. The van der Waals surface area contributed by atoms with Crippen molar-refractivity contribution < 1.29 is 9.18 Å². The molecule has 1 saturated heterocycles. The quantitative estimate of drug-likeness (QED) is 0.704. The lowest BCUT2D eigenvalue weighted by Crippen LogP contribution is -2.47. The van der Waals surface area contributed by atoms with Gasteiger partial charge in [0.15, 0.2) is 0 Å². The van der Waals surface area contributed by atoms with Crippen molar-refractivity contribution in [2.45, 2.75) is 13.5 Å². The molecule has 0 radical (unpaired) electrons. The number of carbonyl (C=O) groups excluding carboxylic acids is 1. The Morgan fingerprint density at radius 2 is 1.92 bits per heavy atom. The van der Waals surface area contributed by atoms with Gasteiger partial charge in [0.1, 0.15) is 11.5 Å². The van der Waals surface area contributed by atoms with Gasteiger partial charge in [0, 0.05) is 37.6 Å². The van der Waals surface area contributed by atoms with Crippen molar-refractivity contribution in [3.8, 4) is 0 Å². The van der Waals surface area contributed by atoms with Crippen molar-refractivity contribution in [2.75, 3.05) is 33.2 Å². The second kappa shape index (κ2) is 6.85. The van der Waals surface area contributed by atoms with Gasteiger partial charge in [0.25, 0.3) is 5.91 Å². The Kier molecular flexibility index (Phi) is 4.54. The highest BCUT2D eigenvalue weighted by Gasteiger charge is 2.25. The number of benzene rings is 1. The predicted molar refractivity (Wildman–Crippen MR) is 103 cm³/mol. The molecule has 2 aromatic heterocycles. The zero-order valence-corrected chi connectivity index (χ0v) is 15.9. The van der Waals surface area contributed by atoms with Crippen molar-refractivity contribution >= 4 is 27.5 Å². The lowest BCUT2D eigenvalue weighted by atomic mass is 10.2. The molecule has 4 nitrogen and oxygen atoms in total. The maximum absolute atomic E-state index is 13.6. The Bertz CT molecular complexity index is 953. The number of hydrogen-bond acceptors (Lipinski definition) is 3. The van der Waals surface area contributed by atoms with Crippen LogP contribution in [0.15, 0.2) is 36.4 Å². The zero-order valence-electron chi connectivity index (χ0n) is 15.0. The first-order chi connectivity index (χ1) is 12.5. The Hall–Kier alpha value is -2.18. The van der Waals surface area contributed by atoms with Gasteiger partial charge >= 0.3 is 0 Å². The highest BCUT2D eigenvalue weighted by atomic mass is 32.1. The number of aryl methyl sites for hydroxylation is 1. The molecule has 26 heavy (non-hydrogen) atoms. The molecule has 0 spiro atoms. The minimum absolute atomic E-state index is 0.0653. The summed E-state index contributed by atoms with van der Waals surface area (Å²) in [7, 11) is 2.08. The summed E-state index contributed by atoms with van der Waals surface area (Å²) in [6, 6.07) is 10.7. The number of amides is 1. The van der Waals surface area contributed by atoms with Gasteiger partial charge in [-0.1, -0.05) is 12.1 Å². The van der Waals surface area contributed by atoms with E-state index in [9.17, 15) is 9.18 Å². The first-order valence-electron chi connectivity index (χ1n) is 8.83. The van der Waals surface area contributed by atoms with E-state index >= 15 is 0 Å². The molecule has 0 atom stereocenters. The van der Waals surface area contributed by atoms with Crippen molar-refractivity contribution in [2.24, 2.45) is 0 Å². The van der Waals surface area contributed by atoms with E-state index in [1.807, 2.05) is 21.6 Å². The van der Waals surface area contributed by atoms with Crippen molar-refractivity contribution in [3.63, 3.8) is 0 Å². The van der Waals surface area contributed by atoms with Crippen molar-refractivity contribution in [1.82, 2.24) is 14.4 Å². The second-order valence-electron chi connectivity index (χ2n) is 6.95. The average molecular weight is 371 g/mol. The van der Waals surface area contributed by atoms with Gasteiger partial charge in [0.2, 0.25) is 0 Å². The van der Waals surface area contributed by atoms with Gasteiger partial charge in [-0.3, -0.25) is 4.79 Å². The molecule has 136 valence electrons. The van der Waals surface area contributed by atoms with Crippen LogP contribution in [0.1, 0.15) is 20.9 Å². The van der Waals surface area contributed by atoms with Crippen LogP contribution in [0.5, 0.6) is 0 Å². The molecule has 3 aromatic rings. The normalized spacial score (nSPS) is 15.7. The van der Waals surface area contributed by atoms with Crippen LogP contribution in [-0.4, -0.2) is 53.5 Å². The number of rotatable bonds is 3. The molecular formula is C20H22FN3OS. The van der Waals surface area contributed by atoms with E-state index in [1.54, 1.807) is 17.4 Å². The van der Waals surface area contributed by atoms with Crippen molar-refractivity contribution in [1.29, 1.82) is 0 Å². The standard InChI is InChI=1S/C20H22FN3OS/c1-14-10-17-19(26-14)12-18(20(25)23-8-6-22(2)7-9-23)24(17)13-15-4-3-5-16(21)11-15/h3-5,10-12H,6-9,13H2,1-2H3. The fourth-order valence-corrected chi connectivity index (χ4v) is 4.46. The number of nitrogens with zero attached hydrogens (tertiary/aromatic N) is 3. The van der Waals surface area contributed by atoms with Gasteiger partial charge < -0.3 is 14.4 Å². The van der Waals surface area contributed by atoms with Crippen LogP contribution in [0.3, 0.4) is 0 Å². The number of halogens is 1.